The van der Waals surface area contributed by atoms with Crippen molar-refractivity contribution in [1.82, 2.24) is 20.0 Å². The summed E-state index contributed by atoms with van der Waals surface area (Å²) in [5, 5.41) is 8.22. The first-order valence-electron chi connectivity index (χ1n) is 4.87. The number of aryl methyl sites for hydroxylation is 1. The molecule has 0 saturated carbocycles. The van der Waals surface area contributed by atoms with Crippen LogP contribution in [0.25, 0.3) is 0 Å². The molecule has 14 heavy (non-hydrogen) atoms. The number of hydrogen-bond acceptors (Lipinski definition) is 3. The van der Waals surface area contributed by atoms with Crippen LogP contribution in [0.5, 0.6) is 0 Å². The van der Waals surface area contributed by atoms with E-state index >= 15 is 0 Å². The van der Waals surface area contributed by atoms with Gasteiger partial charge in [0.25, 0.3) is 0 Å². The molecule has 1 aliphatic rings. The summed E-state index contributed by atoms with van der Waals surface area (Å²) >= 11 is 6.04. The predicted octanol–water partition coefficient (Wildman–Crippen LogP) is 0.479. The Morgan fingerprint density at radius 3 is 2.79 bits per heavy atom. The van der Waals surface area contributed by atoms with Crippen LogP contribution in [-0.4, -0.2) is 40.9 Å². The highest BCUT2D eigenvalue weighted by Crippen LogP contribution is 2.16. The van der Waals surface area contributed by atoms with Crippen LogP contribution in [0.1, 0.15) is 5.69 Å². The van der Waals surface area contributed by atoms with Crippen LogP contribution in [0.2, 0.25) is 5.02 Å². The average Bonchev–Trinajstić information content (AvgIpc) is 2.51. The SMILES string of the molecule is Cn1ncc(Cl)c1CN1CCNCC1. The van der Waals surface area contributed by atoms with Crippen LogP contribution < -0.4 is 5.32 Å². The van der Waals surface area contributed by atoms with Gasteiger partial charge in [-0.1, -0.05) is 11.6 Å². The van der Waals surface area contributed by atoms with E-state index < -0.39 is 0 Å². The van der Waals surface area contributed by atoms with Gasteiger partial charge in [0, 0.05) is 39.8 Å². The minimum atomic E-state index is 0.769. The van der Waals surface area contributed by atoms with Gasteiger partial charge < -0.3 is 5.32 Å². The first-order chi connectivity index (χ1) is 6.77. The second-order valence-corrected chi connectivity index (χ2v) is 4.00. The molecule has 4 nitrogen and oxygen atoms in total. The van der Waals surface area contributed by atoms with E-state index in [1.807, 2.05) is 11.7 Å². The standard InChI is InChI=1S/C9H15ClN4/c1-13-9(8(10)6-12-13)7-14-4-2-11-3-5-14/h6,11H,2-5,7H2,1H3. The van der Waals surface area contributed by atoms with Gasteiger partial charge in [-0.3, -0.25) is 9.58 Å². The first-order valence-corrected chi connectivity index (χ1v) is 5.24. The molecule has 5 heteroatoms. The van der Waals surface area contributed by atoms with Crippen molar-refractivity contribution in [3.05, 3.63) is 16.9 Å². The van der Waals surface area contributed by atoms with Gasteiger partial charge in [0.05, 0.1) is 16.9 Å². The number of hydrogen-bond donors (Lipinski definition) is 1. The number of piperazine rings is 1. The fourth-order valence-electron chi connectivity index (χ4n) is 1.69. The van der Waals surface area contributed by atoms with Crippen molar-refractivity contribution in [1.29, 1.82) is 0 Å². The minimum absolute atomic E-state index is 0.769. The van der Waals surface area contributed by atoms with Crippen molar-refractivity contribution >= 4 is 11.6 Å². The second kappa shape index (κ2) is 4.29. The van der Waals surface area contributed by atoms with E-state index in [1.165, 1.54) is 0 Å². The van der Waals surface area contributed by atoms with Crippen LogP contribution in [0.15, 0.2) is 6.20 Å². The molecular formula is C9H15ClN4. The van der Waals surface area contributed by atoms with Crippen LogP contribution in [-0.2, 0) is 13.6 Å². The molecule has 2 rings (SSSR count). The van der Waals surface area contributed by atoms with Crippen LogP contribution in [0.3, 0.4) is 0 Å². The van der Waals surface area contributed by atoms with Crippen molar-refractivity contribution in [3.63, 3.8) is 0 Å². The fourth-order valence-corrected chi connectivity index (χ4v) is 1.92. The molecule has 0 aromatic carbocycles. The van der Waals surface area contributed by atoms with Crippen molar-refractivity contribution in [2.75, 3.05) is 26.2 Å². The van der Waals surface area contributed by atoms with Crippen molar-refractivity contribution < 1.29 is 0 Å². The Morgan fingerprint density at radius 2 is 2.21 bits per heavy atom. The minimum Gasteiger partial charge on any atom is -0.314 e. The Morgan fingerprint density at radius 1 is 1.50 bits per heavy atom. The lowest BCUT2D eigenvalue weighted by Gasteiger charge is -2.27. The molecule has 78 valence electrons. The highest BCUT2D eigenvalue weighted by Gasteiger charge is 2.14. The summed E-state index contributed by atoms with van der Waals surface area (Å²) in [5.74, 6) is 0. The molecule has 0 aliphatic carbocycles. The van der Waals surface area contributed by atoms with Crippen molar-refractivity contribution in [2.24, 2.45) is 7.05 Å². The maximum absolute atomic E-state index is 6.04. The third kappa shape index (κ3) is 2.08. The largest absolute Gasteiger partial charge is 0.314 e. The van der Waals surface area contributed by atoms with E-state index in [4.69, 9.17) is 11.6 Å². The molecule has 2 heterocycles. The first kappa shape index (κ1) is 9.96. The lowest BCUT2D eigenvalue weighted by Crippen LogP contribution is -2.43. The number of nitrogens with one attached hydrogen (secondary N) is 1. The molecule has 0 atom stereocenters. The van der Waals surface area contributed by atoms with Gasteiger partial charge in [0.1, 0.15) is 0 Å². The van der Waals surface area contributed by atoms with Gasteiger partial charge in [-0.25, -0.2) is 0 Å². The van der Waals surface area contributed by atoms with E-state index in [0.717, 1.165) is 43.4 Å². The summed E-state index contributed by atoms with van der Waals surface area (Å²) in [7, 11) is 1.93. The quantitative estimate of drug-likeness (QED) is 0.778. The molecule has 1 fully saturated rings. The third-order valence-corrected chi connectivity index (χ3v) is 2.91. The Labute approximate surface area is 88.8 Å². The predicted molar refractivity (Wildman–Crippen MR) is 56.4 cm³/mol. The zero-order valence-electron chi connectivity index (χ0n) is 8.33. The lowest BCUT2D eigenvalue weighted by molar-refractivity contribution is 0.228. The van der Waals surface area contributed by atoms with E-state index in [0.29, 0.717) is 0 Å². The molecule has 0 amide bonds. The normalized spacial score (nSPS) is 18.7. The average molecular weight is 215 g/mol. The Bertz CT molecular complexity index is 284. The Kier molecular flexibility index (Phi) is 3.05. The summed E-state index contributed by atoms with van der Waals surface area (Å²) in [6.45, 7) is 5.20. The van der Waals surface area contributed by atoms with Gasteiger partial charge >= 0.3 is 0 Å². The second-order valence-electron chi connectivity index (χ2n) is 3.59. The maximum atomic E-state index is 6.04. The molecular weight excluding hydrogens is 200 g/mol. The summed E-state index contributed by atoms with van der Waals surface area (Å²) in [6, 6.07) is 0. The third-order valence-electron chi connectivity index (χ3n) is 2.59. The molecule has 0 bridgehead atoms. The topological polar surface area (TPSA) is 33.1 Å². The molecule has 1 N–H and O–H groups in total. The fraction of sp³-hybridized carbons (Fsp3) is 0.667. The van der Waals surface area contributed by atoms with Gasteiger partial charge in [-0.15, -0.1) is 0 Å². The zero-order valence-corrected chi connectivity index (χ0v) is 9.09. The number of aromatic nitrogens is 2. The van der Waals surface area contributed by atoms with E-state index in [9.17, 15) is 0 Å². The summed E-state index contributed by atoms with van der Waals surface area (Å²) in [5.41, 5.74) is 1.11. The van der Waals surface area contributed by atoms with Crippen LogP contribution in [0.4, 0.5) is 0 Å². The molecule has 0 radical (unpaired) electrons. The highest BCUT2D eigenvalue weighted by atomic mass is 35.5. The molecule has 1 aliphatic heterocycles. The van der Waals surface area contributed by atoms with Crippen LogP contribution in [0, 0.1) is 0 Å². The summed E-state index contributed by atoms with van der Waals surface area (Å²) in [4.78, 5) is 2.39. The van der Waals surface area contributed by atoms with Gasteiger partial charge in [-0.05, 0) is 0 Å². The highest BCUT2D eigenvalue weighted by molar-refractivity contribution is 6.31. The van der Waals surface area contributed by atoms with E-state index in [1.54, 1.807) is 6.20 Å². The van der Waals surface area contributed by atoms with E-state index in [2.05, 4.69) is 15.3 Å². The Hall–Kier alpha value is -0.580. The zero-order chi connectivity index (χ0) is 9.97. The number of halogens is 1. The van der Waals surface area contributed by atoms with Gasteiger partial charge in [0.2, 0.25) is 0 Å². The monoisotopic (exact) mass is 214 g/mol. The summed E-state index contributed by atoms with van der Waals surface area (Å²) < 4.78 is 1.85. The molecule has 1 saturated heterocycles. The maximum Gasteiger partial charge on any atom is 0.0831 e. The molecule has 1 aromatic rings. The molecule has 0 unspecified atom stereocenters. The van der Waals surface area contributed by atoms with Crippen molar-refractivity contribution in [3.8, 4) is 0 Å². The van der Waals surface area contributed by atoms with Gasteiger partial charge in [-0.2, -0.15) is 5.10 Å². The Balaban J connectivity index is 2.02. The number of rotatable bonds is 2. The summed E-state index contributed by atoms with van der Waals surface area (Å²) in [6.07, 6.45) is 1.71. The van der Waals surface area contributed by atoms with Crippen molar-refractivity contribution in [2.45, 2.75) is 6.54 Å². The lowest BCUT2D eigenvalue weighted by atomic mass is 10.3. The van der Waals surface area contributed by atoms with E-state index in [-0.39, 0.29) is 0 Å². The molecule has 1 aromatic heterocycles. The van der Waals surface area contributed by atoms with Crippen LogP contribution >= 0.6 is 11.6 Å². The van der Waals surface area contributed by atoms with Gasteiger partial charge in [0.15, 0.2) is 0 Å². The smallest absolute Gasteiger partial charge is 0.0831 e. The number of nitrogens with zero attached hydrogens (tertiary/aromatic N) is 3. The molecule has 0 spiro atoms.